The number of halogens is 2. The lowest BCUT2D eigenvalue weighted by Gasteiger charge is -2.09. The van der Waals surface area contributed by atoms with Crippen LogP contribution in [0.15, 0.2) is 23.1 Å². The zero-order valence-corrected chi connectivity index (χ0v) is 12.6. The predicted octanol–water partition coefficient (Wildman–Crippen LogP) is 4.86. The molecule has 0 spiro atoms. The Morgan fingerprint density at radius 2 is 2.00 bits per heavy atom. The van der Waals surface area contributed by atoms with Gasteiger partial charge in [0.1, 0.15) is 0 Å². The van der Waals surface area contributed by atoms with Gasteiger partial charge in [-0.25, -0.2) is 0 Å². The van der Waals surface area contributed by atoms with E-state index in [0.717, 1.165) is 5.75 Å². The molecule has 1 unspecified atom stereocenters. The van der Waals surface area contributed by atoms with Gasteiger partial charge in [0.15, 0.2) is 0 Å². The molecule has 0 aliphatic carbocycles. The third kappa shape index (κ3) is 6.01. The quantitative estimate of drug-likeness (QED) is 0.568. The smallest absolute Gasteiger partial charge is 0.0603 e. The van der Waals surface area contributed by atoms with E-state index in [-0.39, 0.29) is 0 Å². The maximum Gasteiger partial charge on any atom is 0.0603 e. The molecule has 1 aromatic carbocycles. The van der Waals surface area contributed by atoms with Gasteiger partial charge in [-0.15, -0.1) is 11.8 Å². The molecule has 0 radical (unpaired) electrons. The van der Waals surface area contributed by atoms with Gasteiger partial charge in [0.25, 0.3) is 0 Å². The highest BCUT2D eigenvalue weighted by Gasteiger charge is 2.01. The van der Waals surface area contributed by atoms with E-state index in [4.69, 9.17) is 23.2 Å². The summed E-state index contributed by atoms with van der Waals surface area (Å²) in [6.07, 6.45) is 3.73. The summed E-state index contributed by atoms with van der Waals surface area (Å²) in [6, 6.07) is 6.43. The van der Waals surface area contributed by atoms with Gasteiger partial charge in [-0.2, -0.15) is 0 Å². The van der Waals surface area contributed by atoms with Crippen molar-refractivity contribution >= 4 is 35.0 Å². The number of rotatable bonds is 7. The van der Waals surface area contributed by atoms with Gasteiger partial charge in [-0.05, 0) is 50.8 Å². The molecule has 17 heavy (non-hydrogen) atoms. The Morgan fingerprint density at radius 3 is 2.65 bits per heavy atom. The van der Waals surface area contributed by atoms with Crippen molar-refractivity contribution in [2.75, 3.05) is 12.8 Å². The first-order valence-corrected chi connectivity index (χ1v) is 7.62. The maximum atomic E-state index is 5.96. The highest BCUT2D eigenvalue weighted by atomic mass is 35.5. The normalized spacial score (nSPS) is 12.7. The van der Waals surface area contributed by atoms with Crippen molar-refractivity contribution in [1.82, 2.24) is 5.32 Å². The van der Waals surface area contributed by atoms with Crippen LogP contribution in [-0.2, 0) is 0 Å². The number of thioether (sulfide) groups is 1. The van der Waals surface area contributed by atoms with E-state index in [2.05, 4.69) is 12.2 Å². The molecule has 0 aromatic heterocycles. The van der Waals surface area contributed by atoms with Gasteiger partial charge in [0, 0.05) is 10.9 Å². The third-order valence-electron chi connectivity index (χ3n) is 2.68. The molecule has 1 aromatic rings. The van der Waals surface area contributed by atoms with Crippen LogP contribution in [0.4, 0.5) is 0 Å². The largest absolute Gasteiger partial charge is 0.317 e. The van der Waals surface area contributed by atoms with E-state index in [1.54, 1.807) is 0 Å². The predicted molar refractivity (Wildman–Crippen MR) is 79.6 cm³/mol. The highest BCUT2D eigenvalue weighted by molar-refractivity contribution is 7.99. The van der Waals surface area contributed by atoms with E-state index >= 15 is 0 Å². The molecule has 0 amide bonds. The summed E-state index contributed by atoms with van der Waals surface area (Å²) in [5.74, 6) is 1.13. The number of nitrogens with one attached hydrogen (secondary N) is 1. The lowest BCUT2D eigenvalue weighted by atomic mass is 10.1. The first kappa shape index (κ1) is 15.2. The zero-order valence-electron chi connectivity index (χ0n) is 10.3. The number of benzene rings is 1. The Balaban J connectivity index is 2.20. The topological polar surface area (TPSA) is 12.0 Å². The molecule has 0 fully saturated rings. The lowest BCUT2D eigenvalue weighted by Crippen LogP contribution is -2.20. The molecule has 0 bridgehead atoms. The first-order valence-electron chi connectivity index (χ1n) is 5.88. The minimum absolute atomic E-state index is 0.616. The fraction of sp³-hybridized carbons (Fsp3) is 0.538. The fourth-order valence-electron chi connectivity index (χ4n) is 1.45. The molecule has 0 aliphatic heterocycles. The molecular weight excluding hydrogens is 273 g/mol. The van der Waals surface area contributed by atoms with Crippen molar-refractivity contribution < 1.29 is 0 Å². The number of hydrogen-bond donors (Lipinski definition) is 1. The average Bonchev–Trinajstić information content (AvgIpc) is 2.33. The van der Waals surface area contributed by atoms with E-state index in [1.807, 2.05) is 37.0 Å². The molecule has 0 saturated carbocycles. The summed E-state index contributed by atoms with van der Waals surface area (Å²) in [7, 11) is 2.01. The van der Waals surface area contributed by atoms with Gasteiger partial charge in [0.05, 0.1) is 10.0 Å². The van der Waals surface area contributed by atoms with Gasteiger partial charge >= 0.3 is 0 Å². The molecule has 1 atom stereocenters. The molecule has 1 N–H and O–H groups in total. The first-order chi connectivity index (χ1) is 8.13. The monoisotopic (exact) mass is 291 g/mol. The van der Waals surface area contributed by atoms with Crippen LogP contribution in [0.3, 0.4) is 0 Å². The fourth-order valence-corrected chi connectivity index (χ4v) is 2.77. The summed E-state index contributed by atoms with van der Waals surface area (Å²) in [5, 5.41) is 4.51. The van der Waals surface area contributed by atoms with E-state index < -0.39 is 0 Å². The van der Waals surface area contributed by atoms with Crippen molar-refractivity contribution in [3.63, 3.8) is 0 Å². The highest BCUT2D eigenvalue weighted by Crippen LogP contribution is 2.28. The van der Waals surface area contributed by atoms with Crippen LogP contribution < -0.4 is 5.32 Å². The van der Waals surface area contributed by atoms with Gasteiger partial charge in [0.2, 0.25) is 0 Å². The molecule has 0 aliphatic rings. The Morgan fingerprint density at radius 1 is 1.24 bits per heavy atom. The van der Waals surface area contributed by atoms with Crippen LogP contribution in [0.5, 0.6) is 0 Å². The maximum absolute atomic E-state index is 5.96. The minimum atomic E-state index is 0.616. The van der Waals surface area contributed by atoms with Crippen molar-refractivity contribution in [3.05, 3.63) is 28.2 Å². The average molecular weight is 292 g/mol. The Bertz CT molecular complexity index is 344. The summed E-state index contributed by atoms with van der Waals surface area (Å²) in [6.45, 7) is 2.21. The van der Waals surface area contributed by atoms with Gasteiger partial charge in [-0.1, -0.05) is 29.6 Å². The van der Waals surface area contributed by atoms with E-state index in [1.165, 1.54) is 24.2 Å². The van der Waals surface area contributed by atoms with Crippen LogP contribution in [0.2, 0.25) is 10.0 Å². The van der Waals surface area contributed by atoms with Crippen molar-refractivity contribution in [2.45, 2.75) is 37.1 Å². The third-order valence-corrected chi connectivity index (χ3v) is 4.50. The molecule has 0 saturated heterocycles. The standard InChI is InChI=1S/C13H19Cl2NS/c1-10(16-2)5-3-4-8-17-11-6-7-12(14)13(15)9-11/h6-7,9-10,16H,3-5,8H2,1-2H3. The minimum Gasteiger partial charge on any atom is -0.317 e. The Kier molecular flexibility index (Phi) is 7.36. The second kappa shape index (κ2) is 8.25. The van der Waals surface area contributed by atoms with Crippen molar-refractivity contribution in [1.29, 1.82) is 0 Å². The van der Waals surface area contributed by atoms with E-state index in [9.17, 15) is 0 Å². The zero-order chi connectivity index (χ0) is 12.7. The molecule has 4 heteroatoms. The molecule has 0 heterocycles. The van der Waals surface area contributed by atoms with Crippen LogP contribution >= 0.6 is 35.0 Å². The number of hydrogen-bond acceptors (Lipinski definition) is 2. The molecular formula is C13H19Cl2NS. The lowest BCUT2D eigenvalue weighted by molar-refractivity contribution is 0.539. The summed E-state index contributed by atoms with van der Waals surface area (Å²) < 4.78 is 0. The summed E-state index contributed by atoms with van der Waals surface area (Å²) >= 11 is 13.7. The molecule has 1 rings (SSSR count). The molecule has 96 valence electrons. The van der Waals surface area contributed by atoms with Gasteiger partial charge < -0.3 is 5.32 Å². The van der Waals surface area contributed by atoms with Crippen LogP contribution in [-0.4, -0.2) is 18.8 Å². The van der Waals surface area contributed by atoms with Crippen molar-refractivity contribution in [2.24, 2.45) is 0 Å². The van der Waals surface area contributed by atoms with Crippen LogP contribution in [0.25, 0.3) is 0 Å². The Hall–Kier alpha value is 0.110. The second-order valence-electron chi connectivity index (χ2n) is 4.11. The SMILES string of the molecule is CNC(C)CCCCSc1ccc(Cl)c(Cl)c1. The summed E-state index contributed by atoms with van der Waals surface area (Å²) in [5.41, 5.74) is 0. The number of unbranched alkanes of at least 4 members (excludes halogenated alkanes) is 1. The Labute approximate surface area is 118 Å². The molecule has 1 nitrogen and oxygen atoms in total. The second-order valence-corrected chi connectivity index (χ2v) is 6.09. The summed E-state index contributed by atoms with van der Waals surface area (Å²) in [4.78, 5) is 1.20. The van der Waals surface area contributed by atoms with E-state index in [0.29, 0.717) is 16.1 Å². The van der Waals surface area contributed by atoms with Crippen LogP contribution in [0.1, 0.15) is 26.2 Å². The van der Waals surface area contributed by atoms with Crippen LogP contribution in [0, 0.1) is 0 Å². The van der Waals surface area contributed by atoms with Gasteiger partial charge in [-0.3, -0.25) is 0 Å². The van der Waals surface area contributed by atoms with Crippen molar-refractivity contribution in [3.8, 4) is 0 Å².